The molecule has 2 aromatic rings. The Morgan fingerprint density at radius 3 is 2.45 bits per heavy atom. The second-order valence-corrected chi connectivity index (χ2v) is 9.44. The molecule has 29 heavy (non-hydrogen) atoms. The summed E-state index contributed by atoms with van der Waals surface area (Å²) in [6.07, 6.45) is 1.77. The Hall–Kier alpha value is -2.29. The number of anilines is 1. The van der Waals surface area contributed by atoms with Gasteiger partial charge in [0.1, 0.15) is 12.4 Å². The van der Waals surface area contributed by atoms with Crippen molar-refractivity contribution in [1.82, 2.24) is 4.31 Å². The number of benzene rings is 2. The first-order chi connectivity index (χ1) is 13.8. The zero-order chi connectivity index (χ0) is 21.0. The SMILES string of the molecule is C[C@H](C(=O)Nc1ccc(S(=O)(=O)N2CCCC2)cc1)[NH+](C)Cc1cccc(F)c1. The molecule has 0 radical (unpaired) electrons. The van der Waals surface area contributed by atoms with Crippen LogP contribution < -0.4 is 10.2 Å². The van der Waals surface area contributed by atoms with Crippen LogP contribution in [0.1, 0.15) is 25.3 Å². The number of rotatable bonds is 7. The van der Waals surface area contributed by atoms with Gasteiger partial charge in [-0.3, -0.25) is 4.79 Å². The van der Waals surface area contributed by atoms with Gasteiger partial charge in [-0.25, -0.2) is 12.8 Å². The van der Waals surface area contributed by atoms with Crippen LogP contribution in [0, 0.1) is 5.82 Å². The van der Waals surface area contributed by atoms with Crippen molar-refractivity contribution in [3.63, 3.8) is 0 Å². The van der Waals surface area contributed by atoms with Gasteiger partial charge in [-0.1, -0.05) is 12.1 Å². The van der Waals surface area contributed by atoms with Crippen molar-refractivity contribution < 1.29 is 22.5 Å². The molecule has 2 aromatic carbocycles. The molecule has 2 atom stereocenters. The number of quaternary nitrogens is 1. The standard InChI is InChI=1S/C21H26FN3O3S/c1-16(24(2)15-17-6-5-7-18(22)14-17)21(26)23-19-8-10-20(11-9-19)29(27,28)25-12-3-4-13-25/h5-11,14,16H,3-4,12-13,15H2,1-2H3,(H,23,26)/p+1/t16-/m1/s1. The molecule has 0 saturated carbocycles. The maximum absolute atomic E-state index is 13.3. The highest BCUT2D eigenvalue weighted by atomic mass is 32.2. The number of carbonyl (C=O) groups is 1. The molecular formula is C21H27FN3O3S+. The highest BCUT2D eigenvalue weighted by Gasteiger charge is 2.27. The van der Waals surface area contributed by atoms with E-state index in [-0.39, 0.29) is 22.7 Å². The van der Waals surface area contributed by atoms with E-state index in [4.69, 9.17) is 0 Å². The van der Waals surface area contributed by atoms with E-state index < -0.39 is 10.0 Å². The summed E-state index contributed by atoms with van der Waals surface area (Å²) in [6.45, 7) is 3.42. The van der Waals surface area contributed by atoms with Crippen molar-refractivity contribution in [2.45, 2.75) is 37.2 Å². The maximum atomic E-state index is 13.3. The average Bonchev–Trinajstić information content (AvgIpc) is 3.23. The molecule has 6 nitrogen and oxygen atoms in total. The zero-order valence-electron chi connectivity index (χ0n) is 16.7. The molecule has 1 aliphatic rings. The molecule has 3 rings (SSSR count). The second kappa shape index (κ2) is 9.02. The normalized spacial score (nSPS) is 17.1. The van der Waals surface area contributed by atoms with Crippen LogP contribution in [-0.2, 0) is 21.4 Å². The first-order valence-electron chi connectivity index (χ1n) is 9.75. The van der Waals surface area contributed by atoms with E-state index in [1.165, 1.54) is 28.6 Å². The molecule has 1 saturated heterocycles. The van der Waals surface area contributed by atoms with Gasteiger partial charge in [-0.2, -0.15) is 4.31 Å². The van der Waals surface area contributed by atoms with E-state index in [1.54, 1.807) is 25.1 Å². The van der Waals surface area contributed by atoms with Crippen LogP contribution >= 0.6 is 0 Å². The molecule has 0 bridgehead atoms. The summed E-state index contributed by atoms with van der Waals surface area (Å²) >= 11 is 0. The largest absolute Gasteiger partial charge is 0.324 e. The summed E-state index contributed by atoms with van der Waals surface area (Å²) in [6, 6.07) is 12.2. The number of sulfonamides is 1. The molecule has 1 fully saturated rings. The number of likely N-dealkylation sites (N-methyl/N-ethyl adjacent to an activating group) is 1. The fourth-order valence-electron chi connectivity index (χ4n) is 3.38. The molecule has 1 aliphatic heterocycles. The lowest BCUT2D eigenvalue weighted by atomic mass is 10.2. The van der Waals surface area contributed by atoms with Gasteiger partial charge >= 0.3 is 0 Å². The number of hydrogen-bond donors (Lipinski definition) is 2. The number of nitrogens with zero attached hydrogens (tertiary/aromatic N) is 1. The Morgan fingerprint density at radius 2 is 1.83 bits per heavy atom. The Bertz CT molecular complexity index is 957. The Morgan fingerprint density at radius 1 is 1.17 bits per heavy atom. The molecule has 1 heterocycles. The minimum Gasteiger partial charge on any atom is -0.324 e. The summed E-state index contributed by atoms with van der Waals surface area (Å²) in [5.41, 5.74) is 1.36. The monoisotopic (exact) mass is 420 g/mol. The van der Waals surface area contributed by atoms with Gasteiger partial charge in [0.2, 0.25) is 10.0 Å². The number of halogens is 1. The number of carbonyl (C=O) groups excluding carboxylic acids is 1. The van der Waals surface area contributed by atoms with E-state index in [0.29, 0.717) is 25.3 Å². The van der Waals surface area contributed by atoms with Crippen LogP contribution in [0.5, 0.6) is 0 Å². The van der Waals surface area contributed by atoms with E-state index in [2.05, 4.69) is 5.32 Å². The summed E-state index contributed by atoms with van der Waals surface area (Å²) in [5, 5.41) is 2.83. The molecule has 2 N–H and O–H groups in total. The third-order valence-electron chi connectivity index (χ3n) is 5.33. The van der Waals surface area contributed by atoms with Crippen LogP contribution in [0.3, 0.4) is 0 Å². The third kappa shape index (κ3) is 5.20. The van der Waals surface area contributed by atoms with Crippen molar-refractivity contribution in [2.75, 3.05) is 25.5 Å². The highest BCUT2D eigenvalue weighted by Crippen LogP contribution is 2.22. The van der Waals surface area contributed by atoms with E-state index in [9.17, 15) is 17.6 Å². The van der Waals surface area contributed by atoms with Gasteiger partial charge in [0.05, 0.1) is 11.9 Å². The maximum Gasteiger partial charge on any atom is 0.282 e. The molecule has 0 aromatic heterocycles. The first-order valence-corrected chi connectivity index (χ1v) is 11.2. The third-order valence-corrected chi connectivity index (χ3v) is 7.24. The lowest BCUT2D eigenvalue weighted by Crippen LogP contribution is -3.12. The summed E-state index contributed by atoms with van der Waals surface area (Å²) < 4.78 is 40.0. The van der Waals surface area contributed by atoms with E-state index in [1.807, 2.05) is 13.1 Å². The predicted octanol–water partition coefficient (Wildman–Crippen LogP) is 1.65. The van der Waals surface area contributed by atoms with Crippen LogP contribution in [-0.4, -0.2) is 44.8 Å². The first kappa shape index (κ1) is 21.4. The Balaban J connectivity index is 1.61. The zero-order valence-corrected chi connectivity index (χ0v) is 17.5. The lowest BCUT2D eigenvalue weighted by Gasteiger charge is -2.21. The quantitative estimate of drug-likeness (QED) is 0.716. The Labute approximate surface area is 171 Å². The van der Waals surface area contributed by atoms with E-state index >= 15 is 0 Å². The van der Waals surface area contributed by atoms with Gasteiger partial charge < -0.3 is 10.2 Å². The van der Waals surface area contributed by atoms with Crippen molar-refractivity contribution in [3.8, 4) is 0 Å². The summed E-state index contributed by atoms with van der Waals surface area (Å²) in [4.78, 5) is 13.7. The summed E-state index contributed by atoms with van der Waals surface area (Å²) in [5.74, 6) is -0.481. The van der Waals surface area contributed by atoms with E-state index in [0.717, 1.165) is 23.3 Å². The minimum atomic E-state index is -3.47. The second-order valence-electron chi connectivity index (χ2n) is 7.50. The van der Waals surface area contributed by atoms with Crippen molar-refractivity contribution in [1.29, 1.82) is 0 Å². The van der Waals surface area contributed by atoms with Gasteiger partial charge in [0, 0.05) is 24.3 Å². The molecule has 1 unspecified atom stereocenters. The number of amides is 1. The van der Waals surface area contributed by atoms with Crippen LogP contribution in [0.2, 0.25) is 0 Å². The number of nitrogens with one attached hydrogen (secondary N) is 2. The topological polar surface area (TPSA) is 70.9 Å². The van der Waals surface area contributed by atoms with Crippen molar-refractivity contribution in [3.05, 3.63) is 59.9 Å². The summed E-state index contributed by atoms with van der Waals surface area (Å²) in [7, 11) is -1.59. The molecule has 156 valence electrons. The molecule has 8 heteroatoms. The fourth-order valence-corrected chi connectivity index (χ4v) is 4.90. The van der Waals surface area contributed by atoms with Gasteiger partial charge in [0.25, 0.3) is 5.91 Å². The fraction of sp³-hybridized carbons (Fsp3) is 0.381. The lowest BCUT2D eigenvalue weighted by molar-refractivity contribution is -0.907. The van der Waals surface area contributed by atoms with Gasteiger partial charge in [-0.15, -0.1) is 0 Å². The van der Waals surface area contributed by atoms with Gasteiger partial charge in [0.15, 0.2) is 6.04 Å². The Kier molecular flexibility index (Phi) is 6.66. The molecular weight excluding hydrogens is 393 g/mol. The van der Waals surface area contributed by atoms with Crippen LogP contribution in [0.4, 0.5) is 10.1 Å². The highest BCUT2D eigenvalue weighted by molar-refractivity contribution is 7.89. The molecule has 0 aliphatic carbocycles. The van der Waals surface area contributed by atoms with Crippen LogP contribution in [0.25, 0.3) is 0 Å². The number of hydrogen-bond acceptors (Lipinski definition) is 3. The van der Waals surface area contributed by atoms with Gasteiger partial charge in [-0.05, 0) is 56.2 Å². The smallest absolute Gasteiger partial charge is 0.282 e. The predicted molar refractivity (Wildman–Crippen MR) is 110 cm³/mol. The average molecular weight is 421 g/mol. The molecule has 0 spiro atoms. The molecule has 1 amide bonds. The van der Waals surface area contributed by atoms with Crippen LogP contribution in [0.15, 0.2) is 53.4 Å². The minimum absolute atomic E-state index is 0.186. The van der Waals surface area contributed by atoms with Crippen molar-refractivity contribution in [2.24, 2.45) is 0 Å². The van der Waals surface area contributed by atoms with Crippen molar-refractivity contribution >= 4 is 21.6 Å².